The maximum absolute atomic E-state index is 10.6. The molecule has 1 aliphatic rings. The minimum absolute atomic E-state index is 0.376. The summed E-state index contributed by atoms with van der Waals surface area (Å²) >= 11 is 3.34. The van der Waals surface area contributed by atoms with Crippen LogP contribution in [0.1, 0.15) is 38.3 Å². The number of hydrogen-bond acceptors (Lipinski definition) is 4. The van der Waals surface area contributed by atoms with Crippen LogP contribution in [0.15, 0.2) is 4.60 Å². The highest BCUT2D eigenvalue weighted by atomic mass is 79.9. The monoisotopic (exact) mass is 302 g/mol. The molecule has 0 aromatic carbocycles. The maximum atomic E-state index is 10.6. The molecule has 1 saturated heterocycles. The Kier molecular flexibility index (Phi) is 3.85. The van der Waals surface area contributed by atoms with Gasteiger partial charge in [0.25, 0.3) is 0 Å². The van der Waals surface area contributed by atoms with Crippen LogP contribution in [0.25, 0.3) is 0 Å². The molecular formula is C11H19BrN4O. The summed E-state index contributed by atoms with van der Waals surface area (Å²) in [5.41, 5.74) is -0.170. The van der Waals surface area contributed by atoms with Gasteiger partial charge in [-0.15, -0.1) is 5.10 Å². The first-order valence-corrected chi connectivity index (χ1v) is 6.81. The molecular weight excluding hydrogens is 284 g/mol. The van der Waals surface area contributed by atoms with Gasteiger partial charge in [-0.25, -0.2) is 4.68 Å². The summed E-state index contributed by atoms with van der Waals surface area (Å²) in [4.78, 5) is 0. The number of aliphatic hydroxyl groups is 1. The molecule has 96 valence electrons. The van der Waals surface area contributed by atoms with E-state index >= 15 is 0 Å². The van der Waals surface area contributed by atoms with Crippen molar-refractivity contribution in [2.24, 2.45) is 7.05 Å². The Hall–Kier alpha value is -0.460. The molecule has 17 heavy (non-hydrogen) atoms. The summed E-state index contributed by atoms with van der Waals surface area (Å²) in [6.45, 7) is 2.87. The van der Waals surface area contributed by atoms with Gasteiger partial charge in [0.2, 0.25) is 0 Å². The van der Waals surface area contributed by atoms with Crippen LogP contribution >= 0.6 is 15.9 Å². The Morgan fingerprint density at radius 1 is 1.59 bits per heavy atom. The summed E-state index contributed by atoms with van der Waals surface area (Å²) in [6.07, 6.45) is 4.28. The average Bonchev–Trinajstić information content (AvgIpc) is 2.59. The fourth-order valence-corrected chi connectivity index (χ4v) is 3.33. The van der Waals surface area contributed by atoms with Gasteiger partial charge in [0, 0.05) is 13.1 Å². The van der Waals surface area contributed by atoms with E-state index in [0.29, 0.717) is 17.1 Å². The normalized spacial score (nSPS) is 24.6. The van der Waals surface area contributed by atoms with E-state index in [2.05, 4.69) is 31.6 Å². The molecule has 5 nitrogen and oxygen atoms in total. The first kappa shape index (κ1) is 13.0. The predicted molar refractivity (Wildman–Crippen MR) is 68.5 cm³/mol. The third-order valence-electron chi connectivity index (χ3n) is 3.35. The fourth-order valence-electron chi connectivity index (χ4n) is 2.58. The van der Waals surface area contributed by atoms with Crippen molar-refractivity contribution in [2.45, 2.75) is 44.2 Å². The minimum atomic E-state index is -0.911. The van der Waals surface area contributed by atoms with E-state index < -0.39 is 5.60 Å². The van der Waals surface area contributed by atoms with Crippen molar-refractivity contribution in [3.05, 3.63) is 10.3 Å². The van der Waals surface area contributed by atoms with Crippen molar-refractivity contribution in [2.75, 3.05) is 6.54 Å². The van der Waals surface area contributed by atoms with Gasteiger partial charge in [-0.3, -0.25) is 0 Å². The quantitative estimate of drug-likeness (QED) is 0.884. The van der Waals surface area contributed by atoms with E-state index in [1.54, 1.807) is 11.7 Å². The van der Waals surface area contributed by atoms with Crippen LogP contribution in [0.2, 0.25) is 0 Å². The van der Waals surface area contributed by atoms with E-state index in [0.717, 1.165) is 18.7 Å². The second-order valence-electron chi connectivity index (χ2n) is 4.98. The maximum Gasteiger partial charge on any atom is 0.154 e. The molecule has 0 spiro atoms. The van der Waals surface area contributed by atoms with Crippen LogP contribution in [0.3, 0.4) is 0 Å². The van der Waals surface area contributed by atoms with Crippen molar-refractivity contribution in [1.82, 2.24) is 20.3 Å². The van der Waals surface area contributed by atoms with Crippen molar-refractivity contribution in [3.8, 4) is 0 Å². The molecule has 1 aromatic rings. The molecule has 2 rings (SSSR count). The molecule has 1 aromatic heterocycles. The first-order chi connectivity index (χ1) is 8.00. The van der Waals surface area contributed by atoms with Gasteiger partial charge < -0.3 is 10.4 Å². The highest BCUT2D eigenvalue weighted by molar-refractivity contribution is 9.10. The molecule has 0 bridgehead atoms. The van der Waals surface area contributed by atoms with Gasteiger partial charge in [-0.05, 0) is 48.7 Å². The number of piperidine rings is 1. The van der Waals surface area contributed by atoms with E-state index in [-0.39, 0.29) is 0 Å². The molecule has 1 aliphatic heterocycles. The summed E-state index contributed by atoms with van der Waals surface area (Å²) in [6, 6.07) is 0.376. The Labute approximate surface area is 110 Å². The lowest BCUT2D eigenvalue weighted by molar-refractivity contribution is 0.0247. The van der Waals surface area contributed by atoms with Gasteiger partial charge in [0.05, 0.1) is 0 Å². The molecule has 2 N–H and O–H groups in total. The third-order valence-corrected chi connectivity index (χ3v) is 3.89. The number of aromatic nitrogens is 3. The number of rotatable bonds is 3. The van der Waals surface area contributed by atoms with Crippen LogP contribution in [0.4, 0.5) is 0 Å². The molecule has 2 heterocycles. The summed E-state index contributed by atoms with van der Waals surface area (Å²) in [5, 5.41) is 21.9. The summed E-state index contributed by atoms with van der Waals surface area (Å²) < 4.78 is 2.26. The molecule has 2 atom stereocenters. The van der Waals surface area contributed by atoms with Crippen molar-refractivity contribution in [3.63, 3.8) is 0 Å². The Morgan fingerprint density at radius 3 is 2.88 bits per heavy atom. The number of halogens is 1. The molecule has 0 aliphatic carbocycles. The molecule has 0 amide bonds. The predicted octanol–water partition coefficient (Wildman–Crippen LogP) is 1.32. The van der Waals surface area contributed by atoms with Crippen molar-refractivity contribution in [1.29, 1.82) is 0 Å². The van der Waals surface area contributed by atoms with E-state index in [1.165, 1.54) is 12.8 Å². The van der Waals surface area contributed by atoms with Crippen LogP contribution < -0.4 is 5.32 Å². The van der Waals surface area contributed by atoms with Gasteiger partial charge in [0.15, 0.2) is 4.60 Å². The Balaban J connectivity index is 2.12. The van der Waals surface area contributed by atoms with E-state index in [1.807, 2.05) is 6.92 Å². The number of nitrogens with zero attached hydrogens (tertiary/aromatic N) is 3. The standard InChI is InChI=1S/C11H19BrN4O/c1-11(17,7-8-5-3-4-6-13-8)9-10(12)14-15-16(9)2/h8,13,17H,3-7H2,1-2H3. The molecule has 2 unspecified atom stereocenters. The summed E-state index contributed by atoms with van der Waals surface area (Å²) in [7, 11) is 1.80. The van der Waals surface area contributed by atoms with Crippen molar-refractivity contribution >= 4 is 15.9 Å². The van der Waals surface area contributed by atoms with Gasteiger partial charge in [-0.1, -0.05) is 11.6 Å². The van der Waals surface area contributed by atoms with Crippen LogP contribution in [-0.2, 0) is 12.6 Å². The van der Waals surface area contributed by atoms with E-state index in [9.17, 15) is 5.11 Å². The third kappa shape index (κ3) is 2.86. The van der Waals surface area contributed by atoms with Crippen LogP contribution in [-0.4, -0.2) is 32.7 Å². The zero-order chi connectivity index (χ0) is 12.5. The van der Waals surface area contributed by atoms with Crippen molar-refractivity contribution < 1.29 is 5.11 Å². The SMILES string of the molecule is Cn1nnc(Br)c1C(C)(O)CC1CCCCN1. The molecule has 0 saturated carbocycles. The Bertz CT molecular complexity index is 365. The molecule has 6 heteroatoms. The van der Waals surface area contributed by atoms with Gasteiger partial charge in [0.1, 0.15) is 11.3 Å². The molecule has 0 radical (unpaired) electrons. The second-order valence-corrected chi connectivity index (χ2v) is 5.73. The lowest BCUT2D eigenvalue weighted by atomic mass is 9.89. The number of hydrogen-bond donors (Lipinski definition) is 2. The van der Waals surface area contributed by atoms with Crippen LogP contribution in [0, 0.1) is 0 Å². The topological polar surface area (TPSA) is 63.0 Å². The molecule has 1 fully saturated rings. The zero-order valence-corrected chi connectivity index (χ0v) is 11.9. The minimum Gasteiger partial charge on any atom is -0.384 e. The fraction of sp³-hybridized carbons (Fsp3) is 0.818. The number of nitrogens with one attached hydrogen (secondary N) is 1. The lowest BCUT2D eigenvalue weighted by Crippen LogP contribution is -2.40. The first-order valence-electron chi connectivity index (χ1n) is 6.02. The average molecular weight is 303 g/mol. The smallest absolute Gasteiger partial charge is 0.154 e. The zero-order valence-electron chi connectivity index (χ0n) is 10.3. The van der Waals surface area contributed by atoms with Gasteiger partial charge in [-0.2, -0.15) is 0 Å². The highest BCUT2D eigenvalue weighted by Gasteiger charge is 2.33. The largest absolute Gasteiger partial charge is 0.384 e. The summed E-state index contributed by atoms with van der Waals surface area (Å²) in [5.74, 6) is 0. The number of aryl methyl sites for hydroxylation is 1. The lowest BCUT2D eigenvalue weighted by Gasteiger charge is -2.31. The highest BCUT2D eigenvalue weighted by Crippen LogP contribution is 2.31. The van der Waals surface area contributed by atoms with Gasteiger partial charge >= 0.3 is 0 Å². The van der Waals surface area contributed by atoms with E-state index in [4.69, 9.17) is 0 Å². The second kappa shape index (κ2) is 5.04. The Morgan fingerprint density at radius 2 is 2.35 bits per heavy atom. The van der Waals surface area contributed by atoms with Crippen LogP contribution in [0.5, 0.6) is 0 Å².